The highest BCUT2D eigenvalue weighted by Crippen LogP contribution is 2.11. The monoisotopic (exact) mass is 135 g/mol. The highest BCUT2D eigenvalue weighted by molar-refractivity contribution is 5.81. The lowest BCUT2D eigenvalue weighted by Gasteiger charge is -2.18. The first-order valence-electron chi connectivity index (χ1n) is 2.77. The van der Waals surface area contributed by atoms with Gasteiger partial charge in [0, 0.05) is 6.54 Å². The van der Waals surface area contributed by atoms with Crippen molar-refractivity contribution in [2.24, 2.45) is 0 Å². The number of piperidine rings is 1. The summed E-state index contributed by atoms with van der Waals surface area (Å²) >= 11 is 0. The molecule has 0 aromatic carbocycles. The molecule has 0 bridgehead atoms. The van der Waals surface area contributed by atoms with Crippen LogP contribution in [0.1, 0.15) is 6.42 Å². The van der Waals surface area contributed by atoms with Crippen LogP contribution in [0, 0.1) is 0 Å². The second kappa shape index (κ2) is 2.29. The van der Waals surface area contributed by atoms with Crippen LogP contribution < -0.4 is 5.32 Å². The van der Waals surface area contributed by atoms with Crippen LogP contribution in [0.25, 0.3) is 0 Å². The van der Waals surface area contributed by atoms with Crippen LogP contribution >= 0.6 is 0 Å². The van der Waals surface area contributed by atoms with Gasteiger partial charge in [0.05, 0.1) is 0 Å². The predicted molar refractivity (Wildman–Crippen MR) is 27.4 cm³/mol. The summed E-state index contributed by atoms with van der Waals surface area (Å²) in [5.74, 6) is -0.825. The van der Waals surface area contributed by atoms with Crippen LogP contribution in [0.2, 0.25) is 0 Å². The molecule has 1 aliphatic heterocycles. The lowest BCUT2D eigenvalue weighted by Crippen LogP contribution is -2.44. The summed E-state index contributed by atoms with van der Waals surface area (Å²) in [6.07, 6.45) is -3.45. The molecule has 4 heteroatoms. The third kappa shape index (κ3) is 1.17. The van der Waals surface area contributed by atoms with E-state index in [1.54, 1.807) is 0 Å². The van der Waals surface area contributed by atoms with Gasteiger partial charge >= 0.3 is 0 Å². The fourth-order valence-electron chi connectivity index (χ4n) is 0.741. The van der Waals surface area contributed by atoms with E-state index in [0.717, 1.165) is 0 Å². The molecule has 0 aliphatic carbocycles. The predicted octanol–water partition coefficient (Wildman–Crippen LogP) is 0.183. The van der Waals surface area contributed by atoms with Crippen molar-refractivity contribution >= 4 is 5.91 Å². The van der Waals surface area contributed by atoms with Gasteiger partial charge in [-0.2, -0.15) is 0 Å². The van der Waals surface area contributed by atoms with Crippen molar-refractivity contribution in [3.8, 4) is 0 Å². The number of hydrogen-bond acceptors (Lipinski definition) is 1. The van der Waals surface area contributed by atoms with E-state index in [-0.39, 0.29) is 13.0 Å². The number of amides is 1. The van der Waals surface area contributed by atoms with E-state index in [1.165, 1.54) is 0 Å². The van der Waals surface area contributed by atoms with Gasteiger partial charge in [-0.1, -0.05) is 0 Å². The lowest BCUT2D eigenvalue weighted by atomic mass is 10.1. The Morgan fingerprint density at radius 2 is 2.22 bits per heavy atom. The SMILES string of the molecule is O=C1NCCC(F)C1F. The van der Waals surface area contributed by atoms with Crippen molar-refractivity contribution in [3.63, 3.8) is 0 Å². The van der Waals surface area contributed by atoms with Gasteiger partial charge < -0.3 is 5.32 Å². The van der Waals surface area contributed by atoms with E-state index in [1.807, 2.05) is 0 Å². The molecule has 1 aliphatic rings. The molecule has 1 fully saturated rings. The molecular weight excluding hydrogens is 128 g/mol. The van der Waals surface area contributed by atoms with E-state index in [0.29, 0.717) is 0 Å². The second-order valence-corrected chi connectivity index (χ2v) is 2.00. The van der Waals surface area contributed by atoms with Gasteiger partial charge in [0.1, 0.15) is 6.17 Å². The van der Waals surface area contributed by atoms with Crippen LogP contribution in [0.15, 0.2) is 0 Å². The standard InChI is InChI=1S/C5H7F2NO/c6-3-1-2-8-5(9)4(3)7/h3-4H,1-2H2,(H,8,9). The minimum atomic E-state index is -1.95. The zero-order valence-electron chi connectivity index (χ0n) is 4.73. The van der Waals surface area contributed by atoms with Gasteiger partial charge in [-0.05, 0) is 6.42 Å². The fourth-order valence-corrected chi connectivity index (χ4v) is 0.741. The molecule has 2 unspecified atom stereocenters. The summed E-state index contributed by atoms with van der Waals surface area (Å²) in [4.78, 5) is 10.3. The summed E-state index contributed by atoms with van der Waals surface area (Å²) in [6.45, 7) is 0.250. The number of nitrogens with one attached hydrogen (secondary N) is 1. The van der Waals surface area contributed by atoms with Crippen molar-refractivity contribution in [2.45, 2.75) is 18.8 Å². The molecule has 0 aromatic heterocycles. The smallest absolute Gasteiger partial charge is 0.257 e. The van der Waals surface area contributed by atoms with Crippen molar-refractivity contribution in [3.05, 3.63) is 0 Å². The maximum Gasteiger partial charge on any atom is 0.257 e. The molecule has 52 valence electrons. The number of alkyl halides is 2. The average molecular weight is 135 g/mol. The quantitative estimate of drug-likeness (QED) is 0.504. The van der Waals surface area contributed by atoms with Gasteiger partial charge in [0.2, 0.25) is 6.17 Å². The minimum absolute atomic E-state index is 0.0902. The van der Waals surface area contributed by atoms with Crippen LogP contribution in [0.4, 0.5) is 8.78 Å². The minimum Gasteiger partial charge on any atom is -0.353 e. The van der Waals surface area contributed by atoms with Crippen molar-refractivity contribution in [1.29, 1.82) is 0 Å². The van der Waals surface area contributed by atoms with Crippen molar-refractivity contribution in [2.75, 3.05) is 6.54 Å². The Morgan fingerprint density at radius 3 is 2.67 bits per heavy atom. The number of rotatable bonds is 0. The Hall–Kier alpha value is -0.670. The Kier molecular flexibility index (Phi) is 1.64. The largest absolute Gasteiger partial charge is 0.353 e. The van der Waals surface area contributed by atoms with E-state index < -0.39 is 18.3 Å². The van der Waals surface area contributed by atoms with Gasteiger partial charge in [-0.15, -0.1) is 0 Å². The first-order valence-corrected chi connectivity index (χ1v) is 2.77. The van der Waals surface area contributed by atoms with E-state index in [4.69, 9.17) is 0 Å². The molecule has 2 atom stereocenters. The van der Waals surface area contributed by atoms with Gasteiger partial charge in [0.25, 0.3) is 5.91 Å². The second-order valence-electron chi connectivity index (χ2n) is 2.00. The Balaban J connectivity index is 2.51. The van der Waals surface area contributed by atoms with Crippen LogP contribution in [-0.2, 0) is 4.79 Å². The van der Waals surface area contributed by atoms with Crippen LogP contribution in [0.3, 0.4) is 0 Å². The average Bonchev–Trinajstić information content (AvgIpc) is 1.83. The normalized spacial score (nSPS) is 36.0. The molecule has 1 N–H and O–H groups in total. The third-order valence-electron chi connectivity index (χ3n) is 1.29. The molecule has 9 heavy (non-hydrogen) atoms. The fraction of sp³-hybridized carbons (Fsp3) is 0.800. The summed E-state index contributed by atoms with van der Waals surface area (Å²) in [7, 11) is 0. The van der Waals surface area contributed by atoms with Crippen LogP contribution in [-0.4, -0.2) is 24.8 Å². The summed E-state index contributed by atoms with van der Waals surface area (Å²) in [5, 5.41) is 2.21. The van der Waals surface area contributed by atoms with Crippen molar-refractivity contribution in [1.82, 2.24) is 5.32 Å². The Morgan fingerprint density at radius 1 is 1.56 bits per heavy atom. The van der Waals surface area contributed by atoms with Gasteiger partial charge in [0.15, 0.2) is 0 Å². The first-order chi connectivity index (χ1) is 4.22. The lowest BCUT2D eigenvalue weighted by molar-refractivity contribution is -0.130. The van der Waals surface area contributed by atoms with E-state index in [2.05, 4.69) is 5.32 Å². The number of halogens is 2. The Labute approximate surface area is 51.2 Å². The maximum absolute atomic E-state index is 12.2. The molecule has 0 aromatic rings. The van der Waals surface area contributed by atoms with Gasteiger partial charge in [-0.25, -0.2) is 8.78 Å². The molecule has 2 nitrogen and oxygen atoms in total. The summed E-state index contributed by atoms with van der Waals surface area (Å²) in [6, 6.07) is 0. The zero-order chi connectivity index (χ0) is 6.85. The molecule has 0 saturated carbocycles. The molecule has 0 spiro atoms. The summed E-state index contributed by atoms with van der Waals surface area (Å²) < 4.78 is 24.4. The number of carbonyl (C=O) groups is 1. The van der Waals surface area contributed by atoms with E-state index in [9.17, 15) is 13.6 Å². The Bertz CT molecular complexity index is 128. The zero-order valence-corrected chi connectivity index (χ0v) is 4.73. The maximum atomic E-state index is 12.2. The van der Waals surface area contributed by atoms with E-state index >= 15 is 0 Å². The molecule has 0 radical (unpaired) electrons. The molecule has 1 rings (SSSR count). The highest BCUT2D eigenvalue weighted by Gasteiger charge is 2.31. The number of carbonyl (C=O) groups excluding carboxylic acids is 1. The summed E-state index contributed by atoms with van der Waals surface area (Å²) in [5.41, 5.74) is 0. The molecule has 1 amide bonds. The third-order valence-corrected chi connectivity index (χ3v) is 1.29. The molecule has 1 heterocycles. The van der Waals surface area contributed by atoms with Crippen LogP contribution in [0.5, 0.6) is 0 Å². The van der Waals surface area contributed by atoms with Crippen molar-refractivity contribution < 1.29 is 13.6 Å². The highest BCUT2D eigenvalue weighted by atomic mass is 19.2. The molecular formula is C5H7F2NO. The first kappa shape index (κ1) is 6.45. The number of hydrogen-bond donors (Lipinski definition) is 1. The molecule has 1 saturated heterocycles. The topological polar surface area (TPSA) is 29.1 Å². The van der Waals surface area contributed by atoms with Gasteiger partial charge in [-0.3, -0.25) is 4.79 Å².